The summed E-state index contributed by atoms with van der Waals surface area (Å²) in [5.41, 5.74) is 5.27. The molecule has 0 spiro atoms. The van der Waals surface area contributed by atoms with Crippen LogP contribution in [0.25, 0.3) is 10.9 Å². The number of hydrogen-bond acceptors (Lipinski definition) is 3. The number of anilines is 1. The lowest BCUT2D eigenvalue weighted by molar-refractivity contribution is 0.629. The first kappa shape index (κ1) is 11.4. The number of hydrogen-bond donors (Lipinski definition) is 2. The van der Waals surface area contributed by atoms with Crippen molar-refractivity contribution in [3.05, 3.63) is 35.8 Å². The summed E-state index contributed by atoms with van der Waals surface area (Å²) >= 11 is 0. The van der Waals surface area contributed by atoms with E-state index in [2.05, 4.69) is 10.4 Å². The smallest absolute Gasteiger partial charge is 0.124 e. The maximum Gasteiger partial charge on any atom is 0.124 e. The van der Waals surface area contributed by atoms with Crippen molar-refractivity contribution in [2.45, 2.75) is 31.6 Å². The van der Waals surface area contributed by atoms with Crippen molar-refractivity contribution in [1.82, 2.24) is 4.98 Å². The SMILES string of the molecule is NNc1cc(C2CCCC2)nc2ccc(F)cc12. The summed E-state index contributed by atoms with van der Waals surface area (Å²) in [5.74, 6) is 5.78. The molecule has 3 nitrogen and oxygen atoms in total. The predicted molar refractivity (Wildman–Crippen MR) is 70.7 cm³/mol. The minimum atomic E-state index is -0.269. The zero-order valence-electron chi connectivity index (χ0n) is 10.1. The van der Waals surface area contributed by atoms with Gasteiger partial charge in [-0.25, -0.2) is 4.39 Å². The van der Waals surface area contributed by atoms with Gasteiger partial charge in [-0.3, -0.25) is 10.8 Å². The first-order valence-corrected chi connectivity index (χ1v) is 6.35. The first-order chi connectivity index (χ1) is 8.78. The van der Waals surface area contributed by atoms with Crippen LogP contribution in [0.15, 0.2) is 24.3 Å². The first-order valence-electron chi connectivity index (χ1n) is 6.35. The molecule has 0 atom stereocenters. The van der Waals surface area contributed by atoms with E-state index in [1.54, 1.807) is 6.07 Å². The minimum Gasteiger partial charge on any atom is -0.323 e. The fourth-order valence-corrected chi connectivity index (χ4v) is 2.77. The molecule has 1 aromatic heterocycles. The van der Waals surface area contributed by atoms with E-state index < -0.39 is 0 Å². The van der Waals surface area contributed by atoms with E-state index in [4.69, 9.17) is 5.84 Å². The monoisotopic (exact) mass is 245 g/mol. The third-order valence-electron chi connectivity index (χ3n) is 3.72. The fourth-order valence-electron chi connectivity index (χ4n) is 2.77. The van der Waals surface area contributed by atoms with Crippen LogP contribution in [0, 0.1) is 5.82 Å². The Morgan fingerprint density at radius 2 is 2.00 bits per heavy atom. The lowest BCUT2D eigenvalue weighted by Crippen LogP contribution is -2.09. The fraction of sp³-hybridized carbons (Fsp3) is 0.357. The number of halogens is 1. The van der Waals surface area contributed by atoms with E-state index in [1.165, 1.54) is 37.8 Å². The molecule has 18 heavy (non-hydrogen) atoms. The molecule has 0 amide bonds. The number of nitrogen functional groups attached to an aromatic ring is 1. The summed E-state index contributed by atoms with van der Waals surface area (Å²) in [4.78, 5) is 4.64. The number of rotatable bonds is 2. The summed E-state index contributed by atoms with van der Waals surface area (Å²) in [7, 11) is 0. The van der Waals surface area contributed by atoms with Crippen LogP contribution < -0.4 is 11.3 Å². The van der Waals surface area contributed by atoms with Gasteiger partial charge in [0.05, 0.1) is 11.2 Å². The second-order valence-corrected chi connectivity index (χ2v) is 4.88. The molecule has 1 heterocycles. The van der Waals surface area contributed by atoms with Crippen LogP contribution in [0.2, 0.25) is 0 Å². The van der Waals surface area contributed by atoms with Crippen molar-refractivity contribution in [2.75, 3.05) is 5.43 Å². The molecule has 0 bridgehead atoms. The Balaban J connectivity index is 2.15. The van der Waals surface area contributed by atoms with Crippen LogP contribution in [0.1, 0.15) is 37.3 Å². The van der Waals surface area contributed by atoms with Gasteiger partial charge in [-0.15, -0.1) is 0 Å². The molecule has 2 aromatic rings. The highest BCUT2D eigenvalue weighted by Crippen LogP contribution is 2.35. The van der Waals surface area contributed by atoms with E-state index in [1.807, 2.05) is 6.07 Å². The lowest BCUT2D eigenvalue weighted by atomic mass is 10.0. The predicted octanol–water partition coefficient (Wildman–Crippen LogP) is 3.32. The van der Waals surface area contributed by atoms with Crippen molar-refractivity contribution in [3.63, 3.8) is 0 Å². The number of nitrogens with two attached hydrogens (primary N) is 1. The average molecular weight is 245 g/mol. The maximum atomic E-state index is 13.3. The molecule has 1 aromatic carbocycles. The highest BCUT2D eigenvalue weighted by atomic mass is 19.1. The Morgan fingerprint density at radius 3 is 2.72 bits per heavy atom. The van der Waals surface area contributed by atoms with Gasteiger partial charge in [0, 0.05) is 17.0 Å². The summed E-state index contributed by atoms with van der Waals surface area (Å²) in [6.07, 6.45) is 4.89. The van der Waals surface area contributed by atoms with Crippen molar-refractivity contribution in [2.24, 2.45) is 5.84 Å². The normalized spacial score (nSPS) is 16.3. The molecular formula is C14H16FN3. The highest BCUT2D eigenvalue weighted by Gasteiger charge is 2.19. The quantitative estimate of drug-likeness (QED) is 0.630. The Bertz CT molecular complexity index is 577. The van der Waals surface area contributed by atoms with Crippen LogP contribution in [0.3, 0.4) is 0 Å². The molecule has 1 saturated carbocycles. The third-order valence-corrected chi connectivity index (χ3v) is 3.72. The molecule has 0 radical (unpaired) electrons. The molecule has 3 N–H and O–H groups in total. The van der Waals surface area contributed by atoms with Gasteiger partial charge < -0.3 is 5.43 Å². The topological polar surface area (TPSA) is 50.9 Å². The average Bonchev–Trinajstić information content (AvgIpc) is 2.91. The largest absolute Gasteiger partial charge is 0.323 e. The van der Waals surface area contributed by atoms with Gasteiger partial charge in [0.1, 0.15) is 5.82 Å². The van der Waals surface area contributed by atoms with Crippen LogP contribution in [-0.4, -0.2) is 4.98 Å². The molecule has 0 saturated heterocycles. The van der Waals surface area contributed by atoms with Crippen molar-refractivity contribution < 1.29 is 4.39 Å². The number of benzene rings is 1. The molecule has 4 heteroatoms. The van der Waals surface area contributed by atoms with Gasteiger partial charge in [-0.05, 0) is 37.1 Å². The Labute approximate surface area is 105 Å². The standard InChI is InChI=1S/C14H16FN3/c15-10-5-6-12-11(7-10)14(18-16)8-13(17-12)9-3-1-2-4-9/h5-9H,1-4,16H2,(H,17,18). The van der Waals surface area contributed by atoms with Crippen LogP contribution >= 0.6 is 0 Å². The zero-order chi connectivity index (χ0) is 12.5. The van der Waals surface area contributed by atoms with Crippen molar-refractivity contribution in [1.29, 1.82) is 0 Å². The van der Waals surface area contributed by atoms with Crippen LogP contribution in [0.5, 0.6) is 0 Å². The maximum absolute atomic E-state index is 13.3. The molecule has 3 rings (SSSR count). The summed E-state index contributed by atoms with van der Waals surface area (Å²) in [6.45, 7) is 0. The van der Waals surface area contributed by atoms with E-state index in [9.17, 15) is 4.39 Å². The summed E-state index contributed by atoms with van der Waals surface area (Å²) in [5, 5.41) is 0.735. The molecule has 0 aliphatic heterocycles. The molecule has 1 aliphatic rings. The summed E-state index contributed by atoms with van der Waals surface area (Å²) < 4.78 is 13.3. The molecule has 1 fully saturated rings. The van der Waals surface area contributed by atoms with Crippen LogP contribution in [0.4, 0.5) is 10.1 Å². The molecule has 0 unspecified atom stereocenters. The second-order valence-electron chi connectivity index (χ2n) is 4.88. The summed E-state index contributed by atoms with van der Waals surface area (Å²) in [6, 6.07) is 6.58. The number of fused-ring (bicyclic) bond motifs is 1. The van der Waals surface area contributed by atoms with Crippen LogP contribution in [-0.2, 0) is 0 Å². The Morgan fingerprint density at radius 1 is 1.22 bits per heavy atom. The van der Waals surface area contributed by atoms with E-state index >= 15 is 0 Å². The number of hydrazine groups is 1. The second kappa shape index (κ2) is 4.53. The Kier molecular flexibility index (Phi) is 2.88. The molecule has 94 valence electrons. The highest BCUT2D eigenvalue weighted by molar-refractivity contribution is 5.91. The van der Waals surface area contributed by atoms with Crippen molar-refractivity contribution >= 4 is 16.6 Å². The number of nitrogens with one attached hydrogen (secondary N) is 1. The van der Waals surface area contributed by atoms with Gasteiger partial charge in [0.25, 0.3) is 0 Å². The minimum absolute atomic E-state index is 0.269. The molecule has 1 aliphatic carbocycles. The van der Waals surface area contributed by atoms with Crippen molar-refractivity contribution in [3.8, 4) is 0 Å². The Hall–Kier alpha value is -1.68. The van der Waals surface area contributed by atoms with E-state index in [-0.39, 0.29) is 5.82 Å². The van der Waals surface area contributed by atoms with Gasteiger partial charge >= 0.3 is 0 Å². The zero-order valence-corrected chi connectivity index (χ0v) is 10.1. The van der Waals surface area contributed by atoms with Gasteiger partial charge in [-0.2, -0.15) is 0 Å². The van der Waals surface area contributed by atoms with Gasteiger partial charge in [0.15, 0.2) is 0 Å². The number of aromatic nitrogens is 1. The van der Waals surface area contributed by atoms with E-state index in [0.29, 0.717) is 5.92 Å². The lowest BCUT2D eigenvalue weighted by Gasteiger charge is -2.13. The number of nitrogens with zero attached hydrogens (tertiary/aromatic N) is 1. The number of pyridine rings is 1. The van der Waals surface area contributed by atoms with Gasteiger partial charge in [-0.1, -0.05) is 12.8 Å². The van der Waals surface area contributed by atoms with E-state index in [0.717, 1.165) is 22.3 Å². The van der Waals surface area contributed by atoms with Gasteiger partial charge in [0.2, 0.25) is 0 Å². The third kappa shape index (κ3) is 1.93. The molecular weight excluding hydrogens is 229 g/mol.